The summed E-state index contributed by atoms with van der Waals surface area (Å²) in [6, 6.07) is 4.89. The van der Waals surface area contributed by atoms with Crippen LogP contribution in [0.25, 0.3) is 0 Å². The molecule has 1 rings (SSSR count). The lowest BCUT2D eigenvalue weighted by Gasteiger charge is -2.15. The van der Waals surface area contributed by atoms with E-state index in [0.29, 0.717) is 0 Å². The lowest BCUT2D eigenvalue weighted by molar-refractivity contribution is 0.536. The number of benzene rings is 1. The minimum Gasteiger partial charge on any atom is -0.316 e. The van der Waals surface area contributed by atoms with E-state index in [2.05, 4.69) is 5.32 Å². The smallest absolute Gasteiger partial charge is 0.179 e. The minimum absolute atomic E-state index is 0.0446. The van der Waals surface area contributed by atoms with Crippen molar-refractivity contribution in [1.29, 1.82) is 0 Å². The molecule has 0 aromatic heterocycles. The molecule has 1 aromatic carbocycles. The molecule has 0 saturated heterocycles. The lowest BCUT2D eigenvalue weighted by atomic mass is 10.2. The SMILES string of the molecule is CCCC(CS(=O)(=O)c1ccc(F)cc1)NC. The molecule has 1 aromatic rings. The Bertz CT molecular complexity index is 442. The lowest BCUT2D eigenvalue weighted by Crippen LogP contribution is -2.32. The average molecular weight is 259 g/mol. The summed E-state index contributed by atoms with van der Waals surface area (Å²) in [5.74, 6) is -0.383. The molecule has 0 aliphatic rings. The second-order valence-electron chi connectivity index (χ2n) is 4.01. The molecule has 0 amide bonds. The molecule has 0 bridgehead atoms. The molecule has 17 heavy (non-hydrogen) atoms. The number of halogens is 1. The van der Waals surface area contributed by atoms with E-state index in [1.54, 1.807) is 7.05 Å². The van der Waals surface area contributed by atoms with Crippen molar-refractivity contribution in [1.82, 2.24) is 5.32 Å². The summed E-state index contributed by atoms with van der Waals surface area (Å²) < 4.78 is 36.8. The molecular formula is C12H18FNO2S. The molecule has 1 unspecified atom stereocenters. The Morgan fingerprint density at radius 3 is 2.35 bits per heavy atom. The third-order valence-electron chi connectivity index (χ3n) is 2.64. The van der Waals surface area contributed by atoms with Gasteiger partial charge in [-0.1, -0.05) is 13.3 Å². The second-order valence-corrected chi connectivity index (χ2v) is 6.04. The summed E-state index contributed by atoms with van der Waals surface area (Å²) in [5.41, 5.74) is 0. The standard InChI is InChI=1S/C12H18FNO2S/c1-3-4-11(14-2)9-17(15,16)12-7-5-10(13)6-8-12/h5-8,11,14H,3-4,9H2,1-2H3. The van der Waals surface area contributed by atoms with Gasteiger partial charge >= 0.3 is 0 Å². The molecule has 0 aliphatic carbocycles. The Kier molecular flexibility index (Phi) is 5.08. The first-order valence-electron chi connectivity index (χ1n) is 5.65. The molecule has 0 fully saturated rings. The van der Waals surface area contributed by atoms with Crippen molar-refractivity contribution in [2.75, 3.05) is 12.8 Å². The molecule has 0 saturated carbocycles. The van der Waals surface area contributed by atoms with Gasteiger partial charge in [0, 0.05) is 6.04 Å². The summed E-state index contributed by atoms with van der Waals surface area (Å²) >= 11 is 0. The summed E-state index contributed by atoms with van der Waals surface area (Å²) in [6.07, 6.45) is 1.72. The van der Waals surface area contributed by atoms with Crippen molar-refractivity contribution in [3.05, 3.63) is 30.1 Å². The maximum absolute atomic E-state index is 12.7. The predicted molar refractivity (Wildman–Crippen MR) is 66.2 cm³/mol. The van der Waals surface area contributed by atoms with Crippen LogP contribution in [0, 0.1) is 5.82 Å². The van der Waals surface area contributed by atoms with Gasteiger partial charge in [0.15, 0.2) is 9.84 Å². The van der Waals surface area contributed by atoms with Crippen LogP contribution in [0.2, 0.25) is 0 Å². The van der Waals surface area contributed by atoms with Gasteiger partial charge in [-0.3, -0.25) is 0 Å². The van der Waals surface area contributed by atoms with Gasteiger partial charge in [-0.2, -0.15) is 0 Å². The molecule has 0 heterocycles. The molecule has 1 atom stereocenters. The minimum atomic E-state index is -3.34. The number of hydrogen-bond donors (Lipinski definition) is 1. The number of rotatable bonds is 6. The Balaban J connectivity index is 2.84. The Labute approximate surface area is 102 Å². The van der Waals surface area contributed by atoms with Gasteiger partial charge in [0.1, 0.15) is 5.82 Å². The first-order valence-corrected chi connectivity index (χ1v) is 7.30. The maximum atomic E-state index is 12.7. The van der Waals surface area contributed by atoms with Gasteiger partial charge in [-0.25, -0.2) is 12.8 Å². The first kappa shape index (κ1) is 14.1. The van der Waals surface area contributed by atoms with Crippen molar-refractivity contribution in [2.24, 2.45) is 0 Å². The fourth-order valence-electron chi connectivity index (χ4n) is 1.66. The molecule has 96 valence electrons. The Hall–Kier alpha value is -0.940. The molecule has 0 spiro atoms. The largest absolute Gasteiger partial charge is 0.316 e. The third kappa shape index (κ3) is 4.09. The van der Waals surface area contributed by atoms with E-state index in [1.165, 1.54) is 24.3 Å². The molecule has 1 N–H and O–H groups in total. The first-order chi connectivity index (χ1) is 7.99. The topological polar surface area (TPSA) is 46.2 Å². The second kappa shape index (κ2) is 6.12. The van der Waals surface area contributed by atoms with E-state index in [1.807, 2.05) is 6.92 Å². The highest BCUT2D eigenvalue weighted by Crippen LogP contribution is 2.14. The Morgan fingerprint density at radius 2 is 1.88 bits per heavy atom. The highest BCUT2D eigenvalue weighted by atomic mass is 32.2. The van der Waals surface area contributed by atoms with Gasteiger partial charge in [0.25, 0.3) is 0 Å². The normalized spacial score (nSPS) is 13.6. The van der Waals surface area contributed by atoms with E-state index >= 15 is 0 Å². The maximum Gasteiger partial charge on any atom is 0.179 e. The van der Waals surface area contributed by atoms with Crippen LogP contribution in [0.3, 0.4) is 0 Å². The van der Waals surface area contributed by atoms with Gasteiger partial charge in [-0.05, 0) is 37.7 Å². The zero-order valence-electron chi connectivity index (χ0n) is 10.1. The summed E-state index contributed by atoms with van der Waals surface area (Å²) in [4.78, 5) is 0.176. The highest BCUT2D eigenvalue weighted by Gasteiger charge is 2.19. The fourth-order valence-corrected chi connectivity index (χ4v) is 3.27. The average Bonchev–Trinajstić information content (AvgIpc) is 2.28. The molecule has 0 radical (unpaired) electrons. The van der Waals surface area contributed by atoms with Gasteiger partial charge in [0.05, 0.1) is 10.6 Å². The highest BCUT2D eigenvalue weighted by molar-refractivity contribution is 7.91. The molecule has 3 nitrogen and oxygen atoms in total. The molecular weight excluding hydrogens is 241 g/mol. The van der Waals surface area contributed by atoms with Crippen LogP contribution in [-0.2, 0) is 9.84 Å². The number of nitrogens with one attached hydrogen (secondary N) is 1. The zero-order valence-corrected chi connectivity index (χ0v) is 10.9. The van der Waals surface area contributed by atoms with Crippen LogP contribution in [0.15, 0.2) is 29.2 Å². The van der Waals surface area contributed by atoms with Crippen molar-refractivity contribution < 1.29 is 12.8 Å². The van der Waals surface area contributed by atoms with Crippen LogP contribution >= 0.6 is 0 Å². The van der Waals surface area contributed by atoms with Crippen LogP contribution in [-0.4, -0.2) is 27.3 Å². The van der Waals surface area contributed by atoms with Crippen LogP contribution in [0.4, 0.5) is 4.39 Å². The van der Waals surface area contributed by atoms with E-state index in [9.17, 15) is 12.8 Å². The van der Waals surface area contributed by atoms with Crippen molar-refractivity contribution in [3.63, 3.8) is 0 Å². The quantitative estimate of drug-likeness (QED) is 0.795. The summed E-state index contributed by atoms with van der Waals surface area (Å²) in [6.45, 7) is 2.01. The van der Waals surface area contributed by atoms with E-state index in [4.69, 9.17) is 0 Å². The third-order valence-corrected chi connectivity index (χ3v) is 4.47. The molecule has 5 heteroatoms. The van der Waals surface area contributed by atoms with Gasteiger partial charge in [-0.15, -0.1) is 0 Å². The Morgan fingerprint density at radius 1 is 1.29 bits per heavy atom. The van der Waals surface area contributed by atoms with Crippen LogP contribution < -0.4 is 5.32 Å². The van der Waals surface area contributed by atoms with Crippen molar-refractivity contribution in [3.8, 4) is 0 Å². The van der Waals surface area contributed by atoms with E-state index in [0.717, 1.165) is 12.8 Å². The predicted octanol–water partition coefficient (Wildman–Crippen LogP) is 1.99. The fraction of sp³-hybridized carbons (Fsp3) is 0.500. The van der Waals surface area contributed by atoms with Crippen molar-refractivity contribution >= 4 is 9.84 Å². The zero-order chi connectivity index (χ0) is 12.9. The van der Waals surface area contributed by atoms with Crippen LogP contribution in [0.5, 0.6) is 0 Å². The monoisotopic (exact) mass is 259 g/mol. The van der Waals surface area contributed by atoms with Crippen molar-refractivity contribution in [2.45, 2.75) is 30.7 Å². The molecule has 0 aliphatic heterocycles. The number of hydrogen-bond acceptors (Lipinski definition) is 3. The summed E-state index contributed by atoms with van der Waals surface area (Å²) in [7, 11) is -1.59. The van der Waals surface area contributed by atoms with E-state index < -0.39 is 15.7 Å². The number of sulfone groups is 1. The van der Waals surface area contributed by atoms with Crippen LogP contribution in [0.1, 0.15) is 19.8 Å². The summed E-state index contributed by atoms with van der Waals surface area (Å²) in [5, 5.41) is 2.99. The van der Waals surface area contributed by atoms with Gasteiger partial charge < -0.3 is 5.32 Å². The van der Waals surface area contributed by atoms with E-state index in [-0.39, 0.29) is 16.7 Å². The van der Waals surface area contributed by atoms with Gasteiger partial charge in [0.2, 0.25) is 0 Å².